The summed E-state index contributed by atoms with van der Waals surface area (Å²) in [6.45, 7) is 6.60. The van der Waals surface area contributed by atoms with Crippen LogP contribution in [0.1, 0.15) is 26.1 Å². The van der Waals surface area contributed by atoms with Crippen LogP contribution in [0.2, 0.25) is 0 Å². The first-order valence-electron chi connectivity index (χ1n) is 6.88. The summed E-state index contributed by atoms with van der Waals surface area (Å²) in [6.07, 6.45) is 2.45. The maximum absolute atomic E-state index is 11.9. The Kier molecular flexibility index (Phi) is 4.39. The van der Waals surface area contributed by atoms with Crippen LogP contribution in [-0.2, 0) is 22.6 Å². The average Bonchev–Trinajstić information content (AvgIpc) is 2.93. The van der Waals surface area contributed by atoms with Crippen LogP contribution in [0.4, 0.5) is 0 Å². The first-order valence-corrected chi connectivity index (χ1v) is 6.88. The number of esters is 1. The molecule has 0 aromatic carbocycles. The molecule has 2 unspecified atom stereocenters. The van der Waals surface area contributed by atoms with Crippen LogP contribution in [0.3, 0.4) is 0 Å². The van der Waals surface area contributed by atoms with Gasteiger partial charge in [0.15, 0.2) is 0 Å². The highest BCUT2D eigenvalue weighted by molar-refractivity contribution is 5.80. The van der Waals surface area contributed by atoms with Gasteiger partial charge in [-0.1, -0.05) is 0 Å². The third kappa shape index (κ3) is 2.83. The lowest BCUT2D eigenvalue weighted by Crippen LogP contribution is -2.53. The molecule has 2 atom stereocenters. The molecule has 20 heavy (non-hydrogen) atoms. The van der Waals surface area contributed by atoms with E-state index in [0.29, 0.717) is 6.42 Å². The molecule has 0 saturated heterocycles. The minimum absolute atomic E-state index is 0.230. The van der Waals surface area contributed by atoms with Crippen LogP contribution in [0, 0.1) is 0 Å². The molecular weight excluding hydrogens is 258 g/mol. The van der Waals surface area contributed by atoms with Gasteiger partial charge in [0.2, 0.25) is 0 Å². The SMILES string of the molecule is CNC(C)(CC(C)N1CCn2cnnc2C1)C(=O)OC. The van der Waals surface area contributed by atoms with Gasteiger partial charge in [-0.2, -0.15) is 0 Å². The maximum Gasteiger partial charge on any atom is 0.325 e. The molecule has 1 aliphatic rings. The lowest BCUT2D eigenvalue weighted by Gasteiger charge is -2.37. The molecule has 0 saturated carbocycles. The van der Waals surface area contributed by atoms with Crippen LogP contribution >= 0.6 is 0 Å². The standard InChI is InChI=1S/C13H23N5O2/c1-10(7-13(2,14-3)12(19)20-4)17-5-6-18-9-15-16-11(18)8-17/h9-10,14H,5-8H2,1-4H3. The monoisotopic (exact) mass is 281 g/mol. The molecule has 1 aromatic rings. The summed E-state index contributed by atoms with van der Waals surface area (Å²) in [7, 11) is 3.21. The summed E-state index contributed by atoms with van der Waals surface area (Å²) < 4.78 is 6.96. The topological polar surface area (TPSA) is 72.3 Å². The fraction of sp³-hybridized carbons (Fsp3) is 0.769. The van der Waals surface area contributed by atoms with Crippen molar-refractivity contribution >= 4 is 5.97 Å². The molecule has 7 nitrogen and oxygen atoms in total. The van der Waals surface area contributed by atoms with Crippen LogP contribution in [0.15, 0.2) is 6.33 Å². The number of likely N-dealkylation sites (N-methyl/N-ethyl adjacent to an activating group) is 1. The number of ether oxygens (including phenoxy) is 1. The van der Waals surface area contributed by atoms with Crippen LogP contribution in [-0.4, -0.2) is 57.9 Å². The fourth-order valence-electron chi connectivity index (χ4n) is 2.69. The van der Waals surface area contributed by atoms with Crippen LogP contribution in [0.5, 0.6) is 0 Å². The maximum atomic E-state index is 11.9. The van der Waals surface area contributed by atoms with E-state index in [1.165, 1.54) is 7.11 Å². The molecule has 0 radical (unpaired) electrons. The van der Waals surface area contributed by atoms with Crippen molar-refractivity contribution in [3.63, 3.8) is 0 Å². The first-order chi connectivity index (χ1) is 9.50. The van der Waals surface area contributed by atoms with Gasteiger partial charge < -0.3 is 14.6 Å². The minimum Gasteiger partial charge on any atom is -0.468 e. The van der Waals surface area contributed by atoms with Crippen molar-refractivity contribution in [3.8, 4) is 0 Å². The number of nitrogens with one attached hydrogen (secondary N) is 1. The number of fused-ring (bicyclic) bond motifs is 1. The second-order valence-electron chi connectivity index (χ2n) is 5.54. The van der Waals surface area contributed by atoms with E-state index in [0.717, 1.165) is 25.5 Å². The molecule has 1 N–H and O–H groups in total. The quantitative estimate of drug-likeness (QED) is 0.767. The zero-order valence-electron chi connectivity index (χ0n) is 12.6. The number of aromatic nitrogens is 3. The smallest absolute Gasteiger partial charge is 0.325 e. The lowest BCUT2D eigenvalue weighted by atomic mass is 9.93. The number of rotatable bonds is 5. The third-order valence-corrected chi connectivity index (χ3v) is 4.18. The Morgan fingerprint density at radius 1 is 1.60 bits per heavy atom. The molecule has 2 rings (SSSR count). The van der Waals surface area contributed by atoms with E-state index in [1.807, 2.05) is 6.92 Å². The summed E-state index contributed by atoms with van der Waals surface area (Å²) in [5, 5.41) is 11.1. The van der Waals surface area contributed by atoms with E-state index >= 15 is 0 Å². The summed E-state index contributed by atoms with van der Waals surface area (Å²) in [5.74, 6) is 0.749. The zero-order valence-corrected chi connectivity index (χ0v) is 12.6. The van der Waals surface area contributed by atoms with Crippen molar-refractivity contribution in [3.05, 3.63) is 12.2 Å². The van der Waals surface area contributed by atoms with Gasteiger partial charge in [0.1, 0.15) is 17.7 Å². The second kappa shape index (κ2) is 5.88. The Morgan fingerprint density at radius 3 is 3.00 bits per heavy atom. The average molecular weight is 281 g/mol. The number of hydrogen-bond donors (Lipinski definition) is 1. The molecule has 0 amide bonds. The highest BCUT2D eigenvalue weighted by Crippen LogP contribution is 2.21. The lowest BCUT2D eigenvalue weighted by molar-refractivity contribution is -0.148. The Labute approximate surface area is 119 Å². The summed E-state index contributed by atoms with van der Waals surface area (Å²) >= 11 is 0. The largest absolute Gasteiger partial charge is 0.468 e. The first kappa shape index (κ1) is 14.9. The van der Waals surface area contributed by atoms with Gasteiger partial charge in [-0.25, -0.2) is 0 Å². The van der Waals surface area contributed by atoms with Gasteiger partial charge in [-0.3, -0.25) is 9.69 Å². The van der Waals surface area contributed by atoms with E-state index in [1.54, 1.807) is 13.4 Å². The third-order valence-electron chi connectivity index (χ3n) is 4.18. The molecule has 1 aromatic heterocycles. The van der Waals surface area contributed by atoms with Crippen LogP contribution in [0.25, 0.3) is 0 Å². The van der Waals surface area contributed by atoms with Crippen molar-refractivity contribution in [1.82, 2.24) is 25.0 Å². The predicted molar refractivity (Wildman–Crippen MR) is 74.0 cm³/mol. The molecule has 1 aliphatic heterocycles. The normalized spacial score (nSPS) is 20.0. The molecule has 0 fully saturated rings. The van der Waals surface area contributed by atoms with Gasteiger partial charge in [-0.05, 0) is 27.3 Å². The van der Waals surface area contributed by atoms with E-state index in [9.17, 15) is 4.79 Å². The van der Waals surface area contributed by atoms with Gasteiger partial charge in [-0.15, -0.1) is 10.2 Å². The number of carbonyl (C=O) groups is 1. The fourth-order valence-corrected chi connectivity index (χ4v) is 2.69. The molecule has 0 spiro atoms. The van der Waals surface area contributed by atoms with Gasteiger partial charge >= 0.3 is 5.97 Å². The second-order valence-corrected chi connectivity index (χ2v) is 5.54. The Balaban J connectivity index is 2.02. The Bertz CT molecular complexity index is 475. The van der Waals surface area contributed by atoms with Gasteiger partial charge in [0.05, 0.1) is 13.7 Å². The van der Waals surface area contributed by atoms with E-state index in [2.05, 4.69) is 31.9 Å². The predicted octanol–water partition coefficient (Wildman–Crippen LogP) is 0.0234. The molecule has 112 valence electrons. The highest BCUT2D eigenvalue weighted by atomic mass is 16.5. The van der Waals surface area contributed by atoms with Gasteiger partial charge in [0, 0.05) is 19.1 Å². The molecule has 0 aliphatic carbocycles. The van der Waals surface area contributed by atoms with Crippen molar-refractivity contribution < 1.29 is 9.53 Å². The molecular formula is C13H23N5O2. The molecule has 0 bridgehead atoms. The van der Waals surface area contributed by atoms with Crippen LogP contribution < -0.4 is 5.32 Å². The van der Waals surface area contributed by atoms with Gasteiger partial charge in [0.25, 0.3) is 0 Å². The number of hydrogen-bond acceptors (Lipinski definition) is 6. The Morgan fingerprint density at radius 2 is 2.35 bits per heavy atom. The number of methoxy groups -OCH3 is 1. The summed E-state index contributed by atoms with van der Waals surface area (Å²) in [5.41, 5.74) is -0.667. The minimum atomic E-state index is -0.667. The van der Waals surface area contributed by atoms with Crippen molar-refractivity contribution in [2.45, 2.75) is 44.9 Å². The molecule has 7 heteroatoms. The van der Waals surface area contributed by atoms with E-state index < -0.39 is 5.54 Å². The van der Waals surface area contributed by atoms with Crippen molar-refractivity contribution in [2.24, 2.45) is 0 Å². The number of carbonyl (C=O) groups excluding carboxylic acids is 1. The van der Waals surface area contributed by atoms with Crippen molar-refractivity contribution in [2.75, 3.05) is 20.7 Å². The molecule has 2 heterocycles. The van der Waals surface area contributed by atoms with E-state index in [4.69, 9.17) is 4.74 Å². The summed E-state index contributed by atoms with van der Waals surface area (Å²) in [4.78, 5) is 14.2. The zero-order chi connectivity index (χ0) is 14.8. The van der Waals surface area contributed by atoms with Crippen molar-refractivity contribution in [1.29, 1.82) is 0 Å². The highest BCUT2D eigenvalue weighted by Gasteiger charge is 2.36. The Hall–Kier alpha value is -1.47. The number of nitrogens with zero attached hydrogens (tertiary/aromatic N) is 4. The van der Waals surface area contributed by atoms with E-state index in [-0.39, 0.29) is 12.0 Å². The summed E-state index contributed by atoms with van der Waals surface area (Å²) in [6, 6.07) is 0.247.